The predicted molar refractivity (Wildman–Crippen MR) is 100 cm³/mol. The molecule has 2 heterocycles. The third kappa shape index (κ3) is 2.27. The van der Waals surface area contributed by atoms with Crippen LogP contribution >= 0.6 is 22.6 Å². The number of H-pyrrole nitrogens is 1. The molecular weight excluding hydrogens is 383 g/mol. The zero-order valence-electron chi connectivity index (χ0n) is 12.8. The van der Waals surface area contributed by atoms with Crippen molar-refractivity contribution in [1.29, 1.82) is 0 Å². The maximum atomic E-state index is 3.70. The molecule has 2 nitrogen and oxygen atoms in total. The van der Waals surface area contributed by atoms with Crippen LogP contribution in [-0.2, 0) is 6.42 Å². The smallest absolute Gasteiger partial charge is 0.0732 e. The largest absolute Gasteiger partial charge is 0.357 e. The van der Waals surface area contributed by atoms with Crippen LogP contribution in [0.2, 0.25) is 0 Å². The van der Waals surface area contributed by atoms with Gasteiger partial charge in [-0.1, -0.05) is 18.2 Å². The van der Waals surface area contributed by atoms with Crippen LogP contribution in [0, 0.1) is 17.4 Å². The van der Waals surface area contributed by atoms with Crippen molar-refractivity contribution in [2.45, 2.75) is 26.3 Å². The minimum Gasteiger partial charge on any atom is -0.357 e. The molecule has 22 heavy (non-hydrogen) atoms. The highest BCUT2D eigenvalue weighted by molar-refractivity contribution is 14.1. The summed E-state index contributed by atoms with van der Waals surface area (Å²) in [7, 11) is 0. The molecule has 0 spiro atoms. The molecule has 1 aliphatic rings. The van der Waals surface area contributed by atoms with E-state index < -0.39 is 0 Å². The van der Waals surface area contributed by atoms with Gasteiger partial charge in [0, 0.05) is 26.7 Å². The van der Waals surface area contributed by atoms with E-state index in [9.17, 15) is 0 Å². The summed E-state index contributed by atoms with van der Waals surface area (Å²) in [4.78, 5) is 3.70. The van der Waals surface area contributed by atoms with E-state index in [1.807, 2.05) is 0 Å². The van der Waals surface area contributed by atoms with Gasteiger partial charge in [0.05, 0.1) is 6.04 Å². The SMILES string of the molecule is Cc1cc(C)c2c3c([nH]c2c1)C(c1cccc(I)c1)NCC3. The average molecular weight is 402 g/mol. The van der Waals surface area contributed by atoms with Gasteiger partial charge in [0.25, 0.3) is 0 Å². The minimum absolute atomic E-state index is 0.269. The molecule has 2 aromatic carbocycles. The fourth-order valence-corrected chi connectivity index (χ4v) is 4.31. The highest BCUT2D eigenvalue weighted by Gasteiger charge is 2.25. The summed E-state index contributed by atoms with van der Waals surface area (Å²) in [5.74, 6) is 0. The zero-order valence-corrected chi connectivity index (χ0v) is 15.0. The molecule has 1 unspecified atom stereocenters. The van der Waals surface area contributed by atoms with Crippen molar-refractivity contribution >= 4 is 33.5 Å². The van der Waals surface area contributed by atoms with Crippen LogP contribution in [0.15, 0.2) is 36.4 Å². The number of nitrogens with one attached hydrogen (secondary N) is 2. The Balaban J connectivity index is 1.93. The molecule has 0 amide bonds. The predicted octanol–water partition coefficient (Wildman–Crippen LogP) is 4.62. The van der Waals surface area contributed by atoms with Gasteiger partial charge in [-0.05, 0) is 83.3 Å². The van der Waals surface area contributed by atoms with Crippen LogP contribution in [0.4, 0.5) is 0 Å². The molecule has 3 aromatic rings. The van der Waals surface area contributed by atoms with Crippen molar-refractivity contribution in [3.8, 4) is 0 Å². The summed E-state index contributed by atoms with van der Waals surface area (Å²) in [5, 5.41) is 5.11. The van der Waals surface area contributed by atoms with E-state index >= 15 is 0 Å². The summed E-state index contributed by atoms with van der Waals surface area (Å²) in [5.41, 5.74) is 8.17. The van der Waals surface area contributed by atoms with Crippen LogP contribution < -0.4 is 5.32 Å². The van der Waals surface area contributed by atoms with Crippen molar-refractivity contribution in [2.24, 2.45) is 0 Å². The van der Waals surface area contributed by atoms with Gasteiger partial charge in [-0.25, -0.2) is 0 Å². The van der Waals surface area contributed by atoms with Crippen LogP contribution in [0.1, 0.15) is 34.0 Å². The first-order chi connectivity index (χ1) is 10.6. The first-order valence-electron chi connectivity index (χ1n) is 7.74. The Morgan fingerprint density at radius 3 is 2.82 bits per heavy atom. The number of benzene rings is 2. The molecule has 0 aliphatic carbocycles. The highest BCUT2D eigenvalue weighted by Crippen LogP contribution is 2.35. The molecular formula is C19H19IN2. The third-order valence-electron chi connectivity index (χ3n) is 4.57. The van der Waals surface area contributed by atoms with Gasteiger partial charge in [0.1, 0.15) is 0 Å². The lowest BCUT2D eigenvalue weighted by Gasteiger charge is -2.25. The number of hydrogen-bond donors (Lipinski definition) is 2. The Labute approximate surface area is 144 Å². The number of aromatic amines is 1. The Morgan fingerprint density at radius 2 is 2.00 bits per heavy atom. The summed E-state index contributed by atoms with van der Waals surface area (Å²) in [6, 6.07) is 13.6. The third-order valence-corrected chi connectivity index (χ3v) is 5.24. The second kappa shape index (κ2) is 5.39. The molecule has 0 radical (unpaired) electrons. The molecule has 0 saturated carbocycles. The topological polar surface area (TPSA) is 27.8 Å². The molecule has 1 aromatic heterocycles. The van der Waals surface area contributed by atoms with E-state index in [2.05, 4.69) is 83.1 Å². The van der Waals surface area contributed by atoms with Crippen LogP contribution in [-0.4, -0.2) is 11.5 Å². The molecule has 3 heteroatoms. The van der Waals surface area contributed by atoms with Crippen LogP contribution in [0.25, 0.3) is 10.9 Å². The summed E-state index contributed by atoms with van der Waals surface area (Å²) < 4.78 is 1.28. The summed E-state index contributed by atoms with van der Waals surface area (Å²) >= 11 is 2.39. The highest BCUT2D eigenvalue weighted by atomic mass is 127. The van der Waals surface area contributed by atoms with Gasteiger partial charge in [-0.3, -0.25) is 0 Å². The lowest BCUT2D eigenvalue weighted by atomic mass is 9.93. The number of aromatic nitrogens is 1. The lowest BCUT2D eigenvalue weighted by Crippen LogP contribution is -2.30. The number of rotatable bonds is 1. The summed E-state index contributed by atoms with van der Waals surface area (Å²) in [6.45, 7) is 5.43. The second-order valence-electron chi connectivity index (χ2n) is 6.21. The van der Waals surface area contributed by atoms with Crippen molar-refractivity contribution in [1.82, 2.24) is 10.3 Å². The molecule has 0 saturated heterocycles. The van der Waals surface area contributed by atoms with Gasteiger partial charge < -0.3 is 10.3 Å². The number of aryl methyl sites for hydroxylation is 2. The Bertz CT molecular complexity index is 863. The van der Waals surface area contributed by atoms with E-state index in [4.69, 9.17) is 0 Å². The van der Waals surface area contributed by atoms with Gasteiger partial charge >= 0.3 is 0 Å². The molecule has 0 fully saturated rings. The molecule has 4 rings (SSSR count). The standard InChI is InChI=1S/C19H19IN2/c1-11-8-12(2)17-15-6-7-21-18(19(15)22-16(17)9-11)13-4-3-5-14(20)10-13/h3-5,8-10,18,21-22H,6-7H2,1-2H3. The quantitative estimate of drug-likeness (QED) is 0.571. The van der Waals surface area contributed by atoms with Crippen LogP contribution in [0.5, 0.6) is 0 Å². The van der Waals surface area contributed by atoms with Crippen molar-refractivity contribution < 1.29 is 0 Å². The molecule has 2 N–H and O–H groups in total. The fraction of sp³-hybridized carbons (Fsp3) is 0.263. The van der Waals surface area contributed by atoms with Crippen molar-refractivity contribution in [3.05, 3.63) is 67.9 Å². The zero-order chi connectivity index (χ0) is 15.3. The molecule has 0 bridgehead atoms. The van der Waals surface area contributed by atoms with E-state index in [0.29, 0.717) is 0 Å². The monoisotopic (exact) mass is 402 g/mol. The molecule has 112 valence electrons. The number of halogens is 1. The van der Waals surface area contributed by atoms with Gasteiger partial charge in [-0.15, -0.1) is 0 Å². The molecule has 1 aliphatic heterocycles. The van der Waals surface area contributed by atoms with Gasteiger partial charge in [0.2, 0.25) is 0 Å². The molecule has 1 atom stereocenters. The lowest BCUT2D eigenvalue weighted by molar-refractivity contribution is 0.560. The maximum Gasteiger partial charge on any atom is 0.0732 e. The van der Waals surface area contributed by atoms with Gasteiger partial charge in [0.15, 0.2) is 0 Å². The Morgan fingerprint density at radius 1 is 1.14 bits per heavy atom. The van der Waals surface area contributed by atoms with Crippen LogP contribution in [0.3, 0.4) is 0 Å². The first kappa shape index (κ1) is 14.3. The van der Waals surface area contributed by atoms with Crippen molar-refractivity contribution in [3.63, 3.8) is 0 Å². The van der Waals surface area contributed by atoms with E-state index in [1.54, 1.807) is 0 Å². The van der Waals surface area contributed by atoms with E-state index in [1.165, 1.54) is 42.4 Å². The second-order valence-corrected chi connectivity index (χ2v) is 7.46. The van der Waals surface area contributed by atoms with Gasteiger partial charge in [-0.2, -0.15) is 0 Å². The fourth-order valence-electron chi connectivity index (χ4n) is 3.74. The van der Waals surface area contributed by atoms with E-state index in [-0.39, 0.29) is 6.04 Å². The normalized spacial score (nSPS) is 17.7. The number of hydrogen-bond acceptors (Lipinski definition) is 1. The Hall–Kier alpha value is -1.33. The van der Waals surface area contributed by atoms with Crippen molar-refractivity contribution in [2.75, 3.05) is 6.54 Å². The summed E-state index contributed by atoms with van der Waals surface area (Å²) in [6.07, 6.45) is 1.10. The maximum absolute atomic E-state index is 3.70. The first-order valence-corrected chi connectivity index (χ1v) is 8.82. The average Bonchev–Trinajstić information content (AvgIpc) is 2.85. The minimum atomic E-state index is 0.269. The van der Waals surface area contributed by atoms with E-state index in [0.717, 1.165) is 13.0 Å². The number of fused-ring (bicyclic) bond motifs is 3. The Kier molecular flexibility index (Phi) is 3.50.